The van der Waals surface area contributed by atoms with E-state index in [0.29, 0.717) is 22.3 Å². The molecule has 2 heterocycles. The van der Waals surface area contributed by atoms with E-state index in [0.717, 1.165) is 0 Å². The smallest absolute Gasteiger partial charge is 0.326 e. The molecule has 1 amide bonds. The lowest BCUT2D eigenvalue weighted by Crippen LogP contribution is -2.44. The van der Waals surface area contributed by atoms with Gasteiger partial charge in [0, 0.05) is 5.69 Å². The molecule has 0 saturated heterocycles. The molecule has 2 aromatic heterocycles. The number of aliphatic carboxylic acids is 1. The Morgan fingerprint density at radius 1 is 1.26 bits per heavy atom. The normalized spacial score (nSPS) is 12.8. The number of hydrogen-bond acceptors (Lipinski definition) is 5. The molecule has 0 saturated carbocycles. The van der Waals surface area contributed by atoms with E-state index >= 15 is 0 Å². The number of carbonyl (C=O) groups excluding carboxylic acids is 1. The highest BCUT2D eigenvalue weighted by molar-refractivity contribution is 6.07. The second-order valence-corrected chi connectivity index (χ2v) is 6.23. The van der Waals surface area contributed by atoms with Crippen LogP contribution in [-0.2, 0) is 4.79 Å². The van der Waals surface area contributed by atoms with Crippen LogP contribution >= 0.6 is 0 Å². The first-order valence-electron chi connectivity index (χ1n) is 7.53. The minimum absolute atomic E-state index is 0.0942. The molecule has 2 N–H and O–H groups in total. The number of carboxylic acids is 1. The van der Waals surface area contributed by atoms with Crippen molar-refractivity contribution in [1.82, 2.24) is 15.5 Å². The summed E-state index contributed by atoms with van der Waals surface area (Å²) >= 11 is 0. The fourth-order valence-electron chi connectivity index (χ4n) is 2.32. The Morgan fingerprint density at radius 2 is 1.91 bits per heavy atom. The predicted octanol–water partition coefficient (Wildman–Crippen LogP) is 2.49. The van der Waals surface area contributed by atoms with Crippen LogP contribution < -0.4 is 5.32 Å². The molecule has 0 bridgehead atoms. The van der Waals surface area contributed by atoms with Crippen LogP contribution in [0, 0.1) is 12.8 Å². The van der Waals surface area contributed by atoms with Gasteiger partial charge in [-0.2, -0.15) is 0 Å². The van der Waals surface area contributed by atoms with Crippen molar-refractivity contribution in [2.24, 2.45) is 5.92 Å². The summed E-state index contributed by atoms with van der Waals surface area (Å²) in [5, 5.41) is 16.2. The molecule has 0 fully saturated rings. The van der Waals surface area contributed by atoms with E-state index in [1.165, 1.54) is 0 Å². The third-order valence-corrected chi connectivity index (χ3v) is 3.69. The van der Waals surface area contributed by atoms with Gasteiger partial charge in [0.1, 0.15) is 6.04 Å². The first-order valence-corrected chi connectivity index (χ1v) is 7.53. The van der Waals surface area contributed by atoms with Crippen LogP contribution in [0.1, 0.15) is 55.4 Å². The van der Waals surface area contributed by atoms with Crippen LogP contribution in [0.4, 0.5) is 0 Å². The van der Waals surface area contributed by atoms with Gasteiger partial charge in [-0.3, -0.25) is 4.79 Å². The van der Waals surface area contributed by atoms with E-state index < -0.39 is 17.9 Å². The molecule has 0 aliphatic rings. The predicted molar refractivity (Wildman–Crippen MR) is 84.4 cm³/mol. The fourth-order valence-corrected chi connectivity index (χ4v) is 2.32. The number of fused-ring (bicyclic) bond motifs is 1. The number of nitrogens with zero attached hydrogens (tertiary/aromatic N) is 2. The number of carboxylic acid groups (broad SMARTS) is 1. The number of rotatable bonds is 5. The molecule has 23 heavy (non-hydrogen) atoms. The van der Waals surface area contributed by atoms with Gasteiger partial charge in [0.05, 0.1) is 16.6 Å². The van der Waals surface area contributed by atoms with Crippen LogP contribution in [0.5, 0.6) is 0 Å². The minimum atomic E-state index is -1.07. The zero-order chi connectivity index (χ0) is 17.3. The fraction of sp³-hybridized carbons (Fsp3) is 0.500. The maximum atomic E-state index is 12.6. The number of aromatic nitrogens is 2. The first-order chi connectivity index (χ1) is 10.7. The van der Waals surface area contributed by atoms with Crippen molar-refractivity contribution < 1.29 is 19.2 Å². The molecule has 0 aliphatic heterocycles. The Balaban J connectivity index is 2.50. The van der Waals surface area contributed by atoms with E-state index in [2.05, 4.69) is 15.5 Å². The highest BCUT2D eigenvalue weighted by atomic mass is 16.5. The maximum absolute atomic E-state index is 12.6. The summed E-state index contributed by atoms with van der Waals surface area (Å²) in [5.41, 5.74) is 1.86. The summed E-state index contributed by atoms with van der Waals surface area (Å²) in [6, 6.07) is 0.708. The molecule has 0 spiro atoms. The summed E-state index contributed by atoms with van der Waals surface area (Å²) in [6.07, 6.45) is 0. The van der Waals surface area contributed by atoms with Crippen molar-refractivity contribution in [3.63, 3.8) is 0 Å². The highest BCUT2D eigenvalue weighted by Crippen LogP contribution is 2.25. The second-order valence-electron chi connectivity index (χ2n) is 6.23. The van der Waals surface area contributed by atoms with Crippen molar-refractivity contribution in [1.29, 1.82) is 0 Å². The lowest BCUT2D eigenvalue weighted by molar-refractivity contribution is -0.140. The van der Waals surface area contributed by atoms with Gasteiger partial charge in [-0.05, 0) is 24.8 Å². The number of aryl methyl sites for hydroxylation is 1. The zero-order valence-corrected chi connectivity index (χ0v) is 13.9. The molecule has 2 aromatic rings. The lowest BCUT2D eigenvalue weighted by atomic mass is 10.0. The average Bonchev–Trinajstić information content (AvgIpc) is 2.84. The van der Waals surface area contributed by atoms with Gasteiger partial charge in [0.25, 0.3) is 11.6 Å². The molecule has 7 heteroatoms. The molecular formula is C16H21N3O4. The van der Waals surface area contributed by atoms with Crippen molar-refractivity contribution in [2.75, 3.05) is 0 Å². The van der Waals surface area contributed by atoms with E-state index in [9.17, 15) is 14.7 Å². The van der Waals surface area contributed by atoms with Gasteiger partial charge in [-0.25, -0.2) is 9.78 Å². The molecule has 0 aliphatic carbocycles. The number of nitrogens with one attached hydrogen (secondary N) is 1. The zero-order valence-electron chi connectivity index (χ0n) is 13.9. The SMILES string of the molecule is Cc1noc2nc(C(C)C)cc(C(=O)N[C@H](C(=O)O)C(C)C)c12. The molecule has 2 rings (SSSR count). The number of amides is 1. The molecular weight excluding hydrogens is 298 g/mol. The molecule has 7 nitrogen and oxygen atoms in total. The van der Waals surface area contributed by atoms with Crippen molar-refractivity contribution >= 4 is 23.0 Å². The first kappa shape index (κ1) is 16.9. The van der Waals surface area contributed by atoms with Gasteiger partial charge in [-0.15, -0.1) is 0 Å². The van der Waals surface area contributed by atoms with Crippen LogP contribution in [0.3, 0.4) is 0 Å². The van der Waals surface area contributed by atoms with Gasteiger partial charge < -0.3 is 14.9 Å². The largest absolute Gasteiger partial charge is 0.480 e. The van der Waals surface area contributed by atoms with Crippen molar-refractivity contribution in [3.05, 3.63) is 23.0 Å². The summed E-state index contributed by atoms with van der Waals surface area (Å²) in [7, 11) is 0. The lowest BCUT2D eigenvalue weighted by Gasteiger charge is -2.18. The second kappa shape index (κ2) is 6.36. The Kier molecular flexibility index (Phi) is 4.68. The molecule has 0 aromatic carbocycles. The molecule has 1 atom stereocenters. The van der Waals surface area contributed by atoms with Gasteiger partial charge in [0.2, 0.25) is 0 Å². The van der Waals surface area contributed by atoms with Crippen LogP contribution in [-0.4, -0.2) is 33.2 Å². The highest BCUT2D eigenvalue weighted by Gasteiger charge is 2.26. The average molecular weight is 319 g/mol. The summed E-state index contributed by atoms with van der Waals surface area (Å²) in [5.74, 6) is -1.67. The van der Waals surface area contributed by atoms with Crippen molar-refractivity contribution in [2.45, 2.75) is 46.6 Å². The van der Waals surface area contributed by atoms with Gasteiger partial charge in [-0.1, -0.05) is 32.9 Å². The Hall–Kier alpha value is -2.44. The Bertz CT molecular complexity index is 749. The topological polar surface area (TPSA) is 105 Å². The Labute approximate surface area is 134 Å². The summed E-state index contributed by atoms with van der Waals surface area (Å²) in [4.78, 5) is 28.3. The van der Waals surface area contributed by atoms with E-state index in [-0.39, 0.29) is 17.5 Å². The molecule has 0 radical (unpaired) electrons. The third-order valence-electron chi connectivity index (χ3n) is 3.69. The van der Waals surface area contributed by atoms with E-state index in [1.54, 1.807) is 26.8 Å². The summed E-state index contributed by atoms with van der Waals surface area (Å²) < 4.78 is 5.17. The van der Waals surface area contributed by atoms with E-state index in [4.69, 9.17) is 4.52 Å². The van der Waals surface area contributed by atoms with Crippen molar-refractivity contribution in [3.8, 4) is 0 Å². The third kappa shape index (κ3) is 3.33. The van der Waals surface area contributed by atoms with Crippen LogP contribution in [0.25, 0.3) is 11.1 Å². The van der Waals surface area contributed by atoms with Gasteiger partial charge >= 0.3 is 5.97 Å². The van der Waals surface area contributed by atoms with Crippen LogP contribution in [0.2, 0.25) is 0 Å². The van der Waals surface area contributed by atoms with E-state index in [1.807, 2.05) is 13.8 Å². The molecule has 0 unspecified atom stereocenters. The number of pyridine rings is 1. The quantitative estimate of drug-likeness (QED) is 0.877. The number of carbonyl (C=O) groups is 2. The van der Waals surface area contributed by atoms with Crippen LogP contribution in [0.15, 0.2) is 10.6 Å². The maximum Gasteiger partial charge on any atom is 0.326 e. The van der Waals surface area contributed by atoms with Gasteiger partial charge in [0.15, 0.2) is 0 Å². The minimum Gasteiger partial charge on any atom is -0.480 e. The summed E-state index contributed by atoms with van der Waals surface area (Å²) in [6.45, 7) is 9.10. The molecule has 124 valence electrons. The standard InChI is InChI=1S/C16H21N3O4/c1-7(2)11-6-10(12-9(5)19-23-15(12)17-11)14(20)18-13(8(3)4)16(21)22/h6-8,13H,1-5H3,(H,18,20)(H,21,22)/t13-/m0/s1. The number of hydrogen-bond donors (Lipinski definition) is 2. The Morgan fingerprint density at radius 3 is 2.43 bits per heavy atom. The monoisotopic (exact) mass is 319 g/mol.